The lowest BCUT2D eigenvalue weighted by Gasteiger charge is -2.26. The van der Waals surface area contributed by atoms with Gasteiger partial charge in [-0.15, -0.1) is 0 Å². The fourth-order valence-electron chi connectivity index (χ4n) is 4.24. The van der Waals surface area contributed by atoms with Gasteiger partial charge in [-0.1, -0.05) is 43.0 Å². The number of hydrogen-bond donors (Lipinski definition) is 0. The zero-order valence-electron chi connectivity index (χ0n) is 22.1. The van der Waals surface area contributed by atoms with Gasteiger partial charge in [0.2, 0.25) is 10.0 Å². The van der Waals surface area contributed by atoms with Crippen molar-refractivity contribution in [2.45, 2.75) is 23.9 Å². The number of para-hydroxylation sites is 2. The summed E-state index contributed by atoms with van der Waals surface area (Å²) in [5.74, 6) is 0.192. The van der Waals surface area contributed by atoms with Crippen molar-refractivity contribution >= 4 is 26.9 Å². The molecule has 40 heavy (non-hydrogen) atoms. The lowest BCUT2D eigenvalue weighted by Crippen LogP contribution is -2.46. The summed E-state index contributed by atoms with van der Waals surface area (Å²) in [6.45, 7) is 3.17. The number of ether oxygens (including phenoxy) is 2. The molecule has 0 spiro atoms. The Morgan fingerprint density at radius 3 is 2.27 bits per heavy atom. The number of aryl methyl sites for hydroxylation is 1. The first-order valence-electron chi connectivity index (χ1n) is 12.4. The van der Waals surface area contributed by atoms with Crippen LogP contribution in [-0.2, 0) is 33.1 Å². The van der Waals surface area contributed by atoms with Crippen LogP contribution in [0.3, 0.4) is 0 Å². The van der Waals surface area contributed by atoms with Crippen molar-refractivity contribution in [2.24, 2.45) is 7.05 Å². The van der Waals surface area contributed by atoms with E-state index >= 15 is 0 Å². The molecule has 4 rings (SSSR count). The quantitative estimate of drug-likeness (QED) is 0.203. The summed E-state index contributed by atoms with van der Waals surface area (Å²) in [6, 6.07) is 20.1. The Hall–Kier alpha value is -4.48. The van der Waals surface area contributed by atoms with E-state index in [0.29, 0.717) is 22.4 Å². The minimum Gasteiger partial charge on any atom is -0.460 e. The van der Waals surface area contributed by atoms with E-state index in [4.69, 9.17) is 9.47 Å². The van der Waals surface area contributed by atoms with Crippen LogP contribution in [0.4, 0.5) is 0 Å². The van der Waals surface area contributed by atoms with Crippen molar-refractivity contribution in [3.05, 3.63) is 112 Å². The van der Waals surface area contributed by atoms with Crippen molar-refractivity contribution in [3.8, 4) is 11.5 Å². The first-order valence-corrected chi connectivity index (χ1v) is 13.9. The largest absolute Gasteiger partial charge is 0.460 e. The highest BCUT2D eigenvalue weighted by atomic mass is 32.2. The molecule has 0 saturated carbocycles. The normalized spacial score (nSPS) is 12.3. The number of rotatable bonds is 11. The molecule has 208 valence electrons. The van der Waals surface area contributed by atoms with E-state index in [9.17, 15) is 22.8 Å². The van der Waals surface area contributed by atoms with E-state index in [2.05, 4.69) is 6.58 Å². The molecule has 0 aliphatic carbocycles. The standard InChI is InChI=1S/C29H29N3O7S/c1-4-20-38-28(34)26(18-19-32-27(33)24-12-8-9-13-25(24)30(2)29(32)35)31(3)40(36,37)23-16-14-22(15-17-23)39-21-10-6-5-7-11-21/h4-17,26H,1,18-20H2,2-3H3. The van der Waals surface area contributed by atoms with E-state index in [1.165, 1.54) is 49.0 Å². The van der Waals surface area contributed by atoms with Crippen molar-refractivity contribution in [2.75, 3.05) is 13.7 Å². The number of carbonyl (C=O) groups is 1. The zero-order chi connectivity index (χ0) is 28.9. The second kappa shape index (κ2) is 12.1. The number of aromatic nitrogens is 2. The molecule has 1 unspecified atom stereocenters. The Morgan fingerprint density at radius 2 is 1.60 bits per heavy atom. The minimum absolute atomic E-state index is 0.0734. The highest BCUT2D eigenvalue weighted by molar-refractivity contribution is 7.89. The molecule has 0 aliphatic rings. The number of fused-ring (bicyclic) bond motifs is 1. The topological polar surface area (TPSA) is 117 Å². The first-order chi connectivity index (χ1) is 19.1. The van der Waals surface area contributed by atoms with Gasteiger partial charge in [0.1, 0.15) is 24.1 Å². The Balaban J connectivity index is 1.61. The molecule has 0 aliphatic heterocycles. The van der Waals surface area contributed by atoms with Gasteiger partial charge in [-0.2, -0.15) is 4.31 Å². The number of benzene rings is 3. The van der Waals surface area contributed by atoms with Gasteiger partial charge < -0.3 is 9.47 Å². The number of carbonyl (C=O) groups excluding carboxylic acids is 1. The molecule has 0 radical (unpaired) electrons. The van der Waals surface area contributed by atoms with Crippen molar-refractivity contribution < 1.29 is 22.7 Å². The molecular formula is C29H29N3O7S. The molecule has 1 heterocycles. The van der Waals surface area contributed by atoms with Crippen LogP contribution in [-0.4, -0.2) is 47.5 Å². The van der Waals surface area contributed by atoms with Gasteiger partial charge in [0, 0.05) is 20.6 Å². The first kappa shape index (κ1) is 28.5. The highest BCUT2D eigenvalue weighted by Gasteiger charge is 2.34. The second-order valence-corrected chi connectivity index (χ2v) is 10.9. The number of hydrogen-bond acceptors (Lipinski definition) is 7. The third-order valence-electron chi connectivity index (χ3n) is 6.42. The third kappa shape index (κ3) is 5.90. The Labute approximate surface area is 231 Å². The van der Waals surface area contributed by atoms with Gasteiger partial charge in [0.25, 0.3) is 5.56 Å². The smallest absolute Gasteiger partial charge is 0.331 e. The van der Waals surface area contributed by atoms with Crippen LogP contribution in [0.1, 0.15) is 6.42 Å². The second-order valence-electron chi connectivity index (χ2n) is 8.95. The molecule has 1 atom stereocenters. The summed E-state index contributed by atoms with van der Waals surface area (Å²) >= 11 is 0. The number of nitrogens with zero attached hydrogens (tertiary/aromatic N) is 3. The van der Waals surface area contributed by atoms with Crippen LogP contribution in [0, 0.1) is 0 Å². The summed E-state index contributed by atoms with van der Waals surface area (Å²) in [5, 5.41) is 0.328. The van der Waals surface area contributed by atoms with E-state index in [0.717, 1.165) is 8.87 Å². The average Bonchev–Trinajstić information content (AvgIpc) is 2.97. The SMILES string of the molecule is C=CCOC(=O)C(CCn1c(=O)c2ccccc2n(C)c1=O)N(C)S(=O)(=O)c1ccc(Oc2ccccc2)cc1. The predicted molar refractivity (Wildman–Crippen MR) is 151 cm³/mol. The Morgan fingerprint density at radius 1 is 0.975 bits per heavy atom. The van der Waals surface area contributed by atoms with Crippen LogP contribution in [0.25, 0.3) is 10.9 Å². The maximum atomic E-state index is 13.5. The van der Waals surface area contributed by atoms with Gasteiger partial charge >= 0.3 is 11.7 Å². The maximum absolute atomic E-state index is 13.5. The highest BCUT2D eigenvalue weighted by Crippen LogP contribution is 2.25. The maximum Gasteiger partial charge on any atom is 0.331 e. The summed E-state index contributed by atoms with van der Waals surface area (Å²) in [6.07, 6.45) is 1.17. The molecule has 4 aromatic rings. The van der Waals surface area contributed by atoms with Crippen molar-refractivity contribution in [3.63, 3.8) is 0 Å². The Bertz CT molecular complexity index is 1740. The molecule has 1 aromatic heterocycles. The van der Waals surface area contributed by atoms with Gasteiger partial charge in [-0.05, 0) is 55.0 Å². The van der Waals surface area contributed by atoms with Crippen LogP contribution in [0.15, 0.2) is 106 Å². The van der Waals surface area contributed by atoms with Gasteiger partial charge in [-0.3, -0.25) is 18.7 Å². The van der Waals surface area contributed by atoms with Gasteiger partial charge in [0.05, 0.1) is 15.8 Å². The van der Waals surface area contributed by atoms with Crippen LogP contribution >= 0.6 is 0 Å². The molecule has 0 N–H and O–H groups in total. The average molecular weight is 564 g/mol. The molecule has 0 bridgehead atoms. The fourth-order valence-corrected chi connectivity index (χ4v) is 5.57. The van der Waals surface area contributed by atoms with Crippen molar-refractivity contribution in [1.29, 1.82) is 0 Å². The van der Waals surface area contributed by atoms with Crippen LogP contribution in [0.5, 0.6) is 11.5 Å². The number of sulfonamides is 1. The van der Waals surface area contributed by atoms with Crippen LogP contribution < -0.4 is 16.0 Å². The third-order valence-corrected chi connectivity index (χ3v) is 8.30. The Kier molecular flexibility index (Phi) is 8.66. The molecular weight excluding hydrogens is 534 g/mol. The summed E-state index contributed by atoms with van der Waals surface area (Å²) in [4.78, 5) is 39.0. The molecule has 0 fully saturated rings. The number of likely N-dealkylation sites (N-methyl/N-ethyl adjacent to an activating group) is 1. The summed E-state index contributed by atoms with van der Waals surface area (Å²) in [7, 11) is -1.39. The minimum atomic E-state index is -4.18. The molecule has 0 amide bonds. The molecule has 10 nitrogen and oxygen atoms in total. The molecule has 0 saturated heterocycles. The fraction of sp³-hybridized carbons (Fsp3) is 0.207. The zero-order valence-corrected chi connectivity index (χ0v) is 22.9. The van der Waals surface area contributed by atoms with Gasteiger partial charge in [-0.25, -0.2) is 13.2 Å². The van der Waals surface area contributed by atoms with E-state index in [-0.39, 0.29) is 24.5 Å². The summed E-state index contributed by atoms with van der Waals surface area (Å²) in [5.41, 5.74) is -0.645. The van der Waals surface area contributed by atoms with Crippen LogP contribution in [0.2, 0.25) is 0 Å². The van der Waals surface area contributed by atoms with E-state index in [1.54, 1.807) is 36.4 Å². The lowest BCUT2D eigenvalue weighted by molar-refractivity contribution is -0.147. The monoisotopic (exact) mass is 563 g/mol. The van der Waals surface area contributed by atoms with E-state index < -0.39 is 33.3 Å². The summed E-state index contributed by atoms with van der Waals surface area (Å²) < 4.78 is 41.2. The number of esters is 1. The molecule has 3 aromatic carbocycles. The predicted octanol–water partition coefficient (Wildman–Crippen LogP) is 3.30. The van der Waals surface area contributed by atoms with Crippen molar-refractivity contribution in [1.82, 2.24) is 13.4 Å². The van der Waals surface area contributed by atoms with Gasteiger partial charge in [0.15, 0.2) is 0 Å². The van der Waals surface area contributed by atoms with E-state index in [1.807, 2.05) is 18.2 Å². The lowest BCUT2D eigenvalue weighted by atomic mass is 10.2. The molecule has 11 heteroatoms.